The van der Waals surface area contributed by atoms with E-state index in [-0.39, 0.29) is 36.7 Å². The van der Waals surface area contributed by atoms with E-state index in [1.54, 1.807) is 0 Å². The van der Waals surface area contributed by atoms with E-state index >= 15 is 0 Å². The van der Waals surface area contributed by atoms with Gasteiger partial charge in [0.05, 0.1) is 6.42 Å². The van der Waals surface area contributed by atoms with Gasteiger partial charge in [-0.1, -0.05) is 28.1 Å². The molecule has 8 heteroatoms. The SMILES string of the molecule is Nc1nc(N)nc(COC(=O)Cc2ccc(Br)cc2)n1. The molecule has 0 aliphatic heterocycles. The molecule has 20 heavy (non-hydrogen) atoms. The van der Waals surface area contributed by atoms with E-state index in [2.05, 4.69) is 30.9 Å². The number of anilines is 2. The highest BCUT2D eigenvalue weighted by atomic mass is 79.9. The lowest BCUT2D eigenvalue weighted by atomic mass is 10.2. The molecular formula is C12H12BrN5O2. The number of ether oxygens (including phenoxy) is 1. The van der Waals surface area contributed by atoms with E-state index in [0.717, 1.165) is 10.0 Å². The predicted octanol–water partition coefficient (Wildman–Crippen LogP) is 1.08. The first-order valence-electron chi connectivity index (χ1n) is 5.69. The average molecular weight is 338 g/mol. The molecule has 0 aliphatic carbocycles. The van der Waals surface area contributed by atoms with Gasteiger partial charge in [0.1, 0.15) is 0 Å². The molecule has 0 atom stereocenters. The van der Waals surface area contributed by atoms with Crippen LogP contribution in [0.5, 0.6) is 0 Å². The molecule has 0 unspecified atom stereocenters. The lowest BCUT2D eigenvalue weighted by Gasteiger charge is -2.05. The molecule has 7 nitrogen and oxygen atoms in total. The van der Waals surface area contributed by atoms with Gasteiger partial charge in [0, 0.05) is 4.47 Å². The van der Waals surface area contributed by atoms with Crippen LogP contribution in [0.3, 0.4) is 0 Å². The summed E-state index contributed by atoms with van der Waals surface area (Å²) in [5.41, 5.74) is 11.7. The first kappa shape index (κ1) is 14.2. The Kier molecular flexibility index (Phi) is 4.46. The molecule has 0 aliphatic rings. The summed E-state index contributed by atoms with van der Waals surface area (Å²) in [4.78, 5) is 22.9. The van der Waals surface area contributed by atoms with Crippen LogP contribution in [0.1, 0.15) is 11.4 Å². The number of aromatic nitrogens is 3. The number of rotatable bonds is 4. The average Bonchev–Trinajstić information content (AvgIpc) is 2.38. The van der Waals surface area contributed by atoms with Crippen LogP contribution in [0.15, 0.2) is 28.7 Å². The molecule has 0 spiro atoms. The van der Waals surface area contributed by atoms with Crippen LogP contribution in [0.25, 0.3) is 0 Å². The standard InChI is InChI=1S/C12H12BrN5O2/c13-8-3-1-7(2-4-8)5-10(19)20-6-9-16-11(14)18-12(15)17-9/h1-4H,5-6H2,(H4,14,15,16,17,18). The van der Waals surface area contributed by atoms with Crippen molar-refractivity contribution >= 4 is 33.8 Å². The normalized spacial score (nSPS) is 10.2. The fourth-order valence-electron chi connectivity index (χ4n) is 1.49. The van der Waals surface area contributed by atoms with Crippen molar-refractivity contribution in [1.82, 2.24) is 15.0 Å². The number of nitrogen functional groups attached to an aromatic ring is 2. The van der Waals surface area contributed by atoms with Crippen LogP contribution in [-0.4, -0.2) is 20.9 Å². The first-order valence-corrected chi connectivity index (χ1v) is 6.48. The van der Waals surface area contributed by atoms with Gasteiger partial charge >= 0.3 is 5.97 Å². The van der Waals surface area contributed by atoms with Crippen LogP contribution in [-0.2, 0) is 22.6 Å². The number of esters is 1. The molecule has 2 aromatic rings. The van der Waals surface area contributed by atoms with Crippen molar-refractivity contribution in [3.05, 3.63) is 40.1 Å². The monoisotopic (exact) mass is 337 g/mol. The number of nitrogens with zero attached hydrogens (tertiary/aromatic N) is 3. The Balaban J connectivity index is 1.90. The Morgan fingerprint density at radius 1 is 1.10 bits per heavy atom. The summed E-state index contributed by atoms with van der Waals surface area (Å²) < 4.78 is 6.01. The lowest BCUT2D eigenvalue weighted by Crippen LogP contribution is -2.12. The number of benzene rings is 1. The number of hydrogen-bond acceptors (Lipinski definition) is 7. The Morgan fingerprint density at radius 2 is 1.70 bits per heavy atom. The maximum absolute atomic E-state index is 11.7. The van der Waals surface area contributed by atoms with Crippen LogP contribution >= 0.6 is 15.9 Å². The molecule has 0 bridgehead atoms. The largest absolute Gasteiger partial charge is 0.457 e. The summed E-state index contributed by atoms with van der Waals surface area (Å²) in [6, 6.07) is 7.39. The van der Waals surface area contributed by atoms with Crippen molar-refractivity contribution in [1.29, 1.82) is 0 Å². The van der Waals surface area contributed by atoms with Crippen molar-refractivity contribution in [2.45, 2.75) is 13.0 Å². The second-order valence-corrected chi connectivity index (χ2v) is 4.85. The van der Waals surface area contributed by atoms with E-state index in [9.17, 15) is 4.79 Å². The van der Waals surface area contributed by atoms with Crippen molar-refractivity contribution in [2.24, 2.45) is 0 Å². The quantitative estimate of drug-likeness (QED) is 0.801. The minimum atomic E-state index is -0.384. The summed E-state index contributed by atoms with van der Waals surface area (Å²) in [6.45, 7) is -0.0910. The van der Waals surface area contributed by atoms with Gasteiger partial charge in [-0.2, -0.15) is 15.0 Å². The number of hydrogen-bond donors (Lipinski definition) is 2. The highest BCUT2D eigenvalue weighted by Gasteiger charge is 2.08. The van der Waals surface area contributed by atoms with E-state index in [1.807, 2.05) is 24.3 Å². The third kappa shape index (κ3) is 4.16. The smallest absolute Gasteiger partial charge is 0.310 e. The van der Waals surface area contributed by atoms with E-state index < -0.39 is 0 Å². The van der Waals surface area contributed by atoms with E-state index in [1.165, 1.54) is 0 Å². The minimum absolute atomic E-state index is 0.00328. The van der Waals surface area contributed by atoms with Gasteiger partial charge in [-0.15, -0.1) is 0 Å². The van der Waals surface area contributed by atoms with Gasteiger partial charge in [0.2, 0.25) is 11.9 Å². The fourth-order valence-corrected chi connectivity index (χ4v) is 1.75. The van der Waals surface area contributed by atoms with Crippen molar-refractivity contribution < 1.29 is 9.53 Å². The molecule has 0 radical (unpaired) electrons. The Labute approximate surface area is 123 Å². The second-order valence-electron chi connectivity index (χ2n) is 3.93. The molecule has 1 aromatic carbocycles. The summed E-state index contributed by atoms with van der Waals surface area (Å²) in [7, 11) is 0. The highest BCUT2D eigenvalue weighted by molar-refractivity contribution is 9.10. The number of carbonyl (C=O) groups is 1. The van der Waals surface area contributed by atoms with Gasteiger partial charge in [-0.05, 0) is 17.7 Å². The Morgan fingerprint density at radius 3 is 2.30 bits per heavy atom. The Hall–Kier alpha value is -2.22. The van der Waals surface area contributed by atoms with Gasteiger partial charge in [0.15, 0.2) is 12.4 Å². The molecule has 0 amide bonds. The van der Waals surface area contributed by atoms with Crippen molar-refractivity contribution in [3.63, 3.8) is 0 Å². The number of halogens is 1. The molecule has 2 rings (SSSR count). The molecular weight excluding hydrogens is 326 g/mol. The summed E-state index contributed by atoms with van der Waals surface area (Å²) in [5.74, 6) is -0.169. The third-order valence-electron chi connectivity index (χ3n) is 2.34. The lowest BCUT2D eigenvalue weighted by molar-refractivity contribution is -0.144. The molecule has 1 heterocycles. The first-order chi connectivity index (χ1) is 9.52. The molecule has 104 valence electrons. The van der Waals surface area contributed by atoms with Crippen LogP contribution in [0.2, 0.25) is 0 Å². The molecule has 0 fully saturated rings. The summed E-state index contributed by atoms with van der Waals surface area (Å²) in [5, 5.41) is 0. The minimum Gasteiger partial charge on any atom is -0.457 e. The molecule has 4 N–H and O–H groups in total. The number of carbonyl (C=O) groups excluding carboxylic acids is 1. The molecule has 0 saturated heterocycles. The maximum atomic E-state index is 11.7. The van der Waals surface area contributed by atoms with Crippen LogP contribution in [0.4, 0.5) is 11.9 Å². The predicted molar refractivity (Wildman–Crippen MR) is 76.3 cm³/mol. The molecule has 1 aromatic heterocycles. The highest BCUT2D eigenvalue weighted by Crippen LogP contribution is 2.11. The van der Waals surface area contributed by atoms with Gasteiger partial charge < -0.3 is 16.2 Å². The van der Waals surface area contributed by atoms with Crippen LogP contribution in [0, 0.1) is 0 Å². The number of nitrogens with two attached hydrogens (primary N) is 2. The maximum Gasteiger partial charge on any atom is 0.310 e. The zero-order valence-electron chi connectivity index (χ0n) is 10.4. The van der Waals surface area contributed by atoms with E-state index in [0.29, 0.717) is 0 Å². The zero-order valence-corrected chi connectivity index (χ0v) is 12.0. The van der Waals surface area contributed by atoms with Crippen molar-refractivity contribution in [3.8, 4) is 0 Å². The topological polar surface area (TPSA) is 117 Å². The van der Waals surface area contributed by atoms with Gasteiger partial charge in [0.25, 0.3) is 0 Å². The summed E-state index contributed by atoms with van der Waals surface area (Å²) in [6.07, 6.45) is 0.170. The van der Waals surface area contributed by atoms with E-state index in [4.69, 9.17) is 16.2 Å². The van der Waals surface area contributed by atoms with Crippen LogP contribution < -0.4 is 11.5 Å². The summed E-state index contributed by atoms with van der Waals surface area (Å²) >= 11 is 3.32. The fraction of sp³-hybridized carbons (Fsp3) is 0.167. The zero-order chi connectivity index (χ0) is 14.5. The molecule has 0 saturated carbocycles. The van der Waals surface area contributed by atoms with Crippen molar-refractivity contribution in [2.75, 3.05) is 11.5 Å². The second kappa shape index (κ2) is 6.29. The third-order valence-corrected chi connectivity index (χ3v) is 2.87. The van der Waals surface area contributed by atoms with Gasteiger partial charge in [-0.25, -0.2) is 0 Å². The Bertz CT molecular complexity index is 597. The van der Waals surface area contributed by atoms with Gasteiger partial charge in [-0.3, -0.25) is 4.79 Å².